The number of nitrogens with zero attached hydrogens (tertiary/aromatic N) is 3. The summed E-state index contributed by atoms with van der Waals surface area (Å²) in [5, 5.41) is 0.456. The van der Waals surface area contributed by atoms with Crippen molar-refractivity contribution >= 4 is 35.2 Å². The molecule has 1 aromatic carbocycles. The van der Waals surface area contributed by atoms with Gasteiger partial charge in [-0.05, 0) is 31.0 Å². The molecular formula is C16H17ClN4OS. The molecule has 5 nitrogen and oxygen atoms in total. The molecule has 3 rings (SSSR count). The Bertz CT molecular complexity index is 740. The molecule has 1 atom stereocenters. The van der Waals surface area contributed by atoms with Crippen molar-refractivity contribution in [2.45, 2.75) is 30.0 Å². The van der Waals surface area contributed by atoms with E-state index in [0.717, 1.165) is 22.6 Å². The summed E-state index contributed by atoms with van der Waals surface area (Å²) in [5.41, 5.74) is 7.54. The summed E-state index contributed by atoms with van der Waals surface area (Å²) in [7, 11) is 0. The molecule has 1 aromatic heterocycles. The zero-order valence-electron chi connectivity index (χ0n) is 12.7. The number of aromatic nitrogens is 2. The van der Waals surface area contributed by atoms with E-state index >= 15 is 0 Å². The molecule has 0 spiro atoms. The van der Waals surface area contributed by atoms with Crippen LogP contribution in [0, 0.1) is 0 Å². The molecule has 1 amide bonds. The van der Waals surface area contributed by atoms with Gasteiger partial charge < -0.3 is 10.6 Å². The Morgan fingerprint density at radius 3 is 3.00 bits per heavy atom. The Morgan fingerprint density at radius 1 is 1.43 bits per heavy atom. The second-order valence-electron chi connectivity index (χ2n) is 5.40. The van der Waals surface area contributed by atoms with E-state index in [-0.39, 0.29) is 17.1 Å². The highest BCUT2D eigenvalue weighted by Crippen LogP contribution is 2.31. The van der Waals surface area contributed by atoms with E-state index in [1.54, 1.807) is 6.20 Å². The lowest BCUT2D eigenvalue weighted by Crippen LogP contribution is -2.40. The number of hydrogen-bond donors (Lipinski definition) is 1. The number of hydrogen-bond acceptors (Lipinski definition) is 5. The molecule has 2 heterocycles. The molecule has 7 heteroatoms. The van der Waals surface area contributed by atoms with Crippen LogP contribution in [-0.4, -0.2) is 32.6 Å². The van der Waals surface area contributed by atoms with Crippen LogP contribution < -0.4 is 5.73 Å². The topological polar surface area (TPSA) is 72.1 Å². The summed E-state index contributed by atoms with van der Waals surface area (Å²) in [6.45, 7) is 3.06. The Morgan fingerprint density at radius 2 is 2.22 bits per heavy atom. The molecule has 1 aliphatic heterocycles. The van der Waals surface area contributed by atoms with Gasteiger partial charge in [0.1, 0.15) is 0 Å². The van der Waals surface area contributed by atoms with Gasteiger partial charge in [-0.15, -0.1) is 11.8 Å². The lowest BCUT2D eigenvalue weighted by atomic mass is 10.1. The zero-order valence-corrected chi connectivity index (χ0v) is 14.3. The van der Waals surface area contributed by atoms with Crippen LogP contribution in [0.4, 0.5) is 5.95 Å². The lowest BCUT2D eigenvalue weighted by Gasteiger charge is -2.30. The fraction of sp³-hybridized carbons (Fsp3) is 0.312. The minimum atomic E-state index is -0.212. The number of halogens is 1. The third-order valence-electron chi connectivity index (χ3n) is 3.76. The van der Waals surface area contributed by atoms with Crippen molar-refractivity contribution in [3.05, 3.63) is 46.7 Å². The van der Waals surface area contributed by atoms with Gasteiger partial charge in [-0.1, -0.05) is 23.7 Å². The number of benzene rings is 1. The number of fused-ring (bicyclic) bond motifs is 1. The highest BCUT2D eigenvalue weighted by atomic mass is 35.5. The maximum atomic E-state index is 12.7. The van der Waals surface area contributed by atoms with Crippen LogP contribution in [0.5, 0.6) is 0 Å². The van der Waals surface area contributed by atoms with Gasteiger partial charge in [0.15, 0.2) is 0 Å². The average Bonchev–Trinajstić information content (AvgIpc) is 2.55. The van der Waals surface area contributed by atoms with Crippen molar-refractivity contribution in [1.29, 1.82) is 0 Å². The fourth-order valence-electron chi connectivity index (χ4n) is 2.54. The van der Waals surface area contributed by atoms with Gasteiger partial charge in [0, 0.05) is 17.6 Å². The van der Waals surface area contributed by atoms with Crippen LogP contribution in [0.3, 0.4) is 0 Å². The summed E-state index contributed by atoms with van der Waals surface area (Å²) in [4.78, 5) is 23.7. The quantitative estimate of drug-likeness (QED) is 0.863. The van der Waals surface area contributed by atoms with Gasteiger partial charge in [0.25, 0.3) is 0 Å². The molecular weight excluding hydrogens is 332 g/mol. The summed E-state index contributed by atoms with van der Waals surface area (Å²) in [5.74, 6) is 0.328. The van der Waals surface area contributed by atoms with E-state index in [1.165, 1.54) is 11.8 Å². The second-order valence-corrected chi connectivity index (χ2v) is 7.19. The van der Waals surface area contributed by atoms with Crippen LogP contribution in [0.25, 0.3) is 0 Å². The Hall–Kier alpha value is -1.79. The molecule has 0 aliphatic carbocycles. The van der Waals surface area contributed by atoms with Crippen molar-refractivity contribution in [2.24, 2.45) is 0 Å². The van der Waals surface area contributed by atoms with Crippen molar-refractivity contribution in [3.63, 3.8) is 0 Å². The van der Waals surface area contributed by atoms with Crippen molar-refractivity contribution in [3.8, 4) is 0 Å². The van der Waals surface area contributed by atoms with Gasteiger partial charge in [0.2, 0.25) is 11.9 Å². The number of rotatable bonds is 3. The first-order chi connectivity index (χ1) is 11.0. The predicted molar refractivity (Wildman–Crippen MR) is 92.3 cm³/mol. The second kappa shape index (κ2) is 6.76. The van der Waals surface area contributed by atoms with Gasteiger partial charge in [-0.3, -0.25) is 4.79 Å². The third-order valence-corrected chi connectivity index (χ3v) is 5.37. The molecule has 0 radical (unpaired) electrons. The Kier molecular flexibility index (Phi) is 4.73. The van der Waals surface area contributed by atoms with Crippen LogP contribution in [-0.2, 0) is 17.8 Å². The minimum absolute atomic E-state index is 0.0813. The number of carbonyl (C=O) groups excluding carboxylic acids is 1. The van der Waals surface area contributed by atoms with Gasteiger partial charge in [-0.25, -0.2) is 9.97 Å². The van der Waals surface area contributed by atoms with Crippen LogP contribution >= 0.6 is 23.4 Å². The first kappa shape index (κ1) is 16.1. The van der Waals surface area contributed by atoms with E-state index in [9.17, 15) is 4.79 Å². The molecule has 2 aromatic rings. The standard InChI is InChI=1S/C16H17ClN4OS/c1-10(23-14-5-3-2-4-12(14)17)15(22)21-7-6-11-8-19-16(18)20-13(11)9-21/h2-5,8,10H,6-7,9H2,1H3,(H2,18,19,20). The number of carbonyl (C=O) groups is 1. The van der Waals surface area contributed by atoms with E-state index in [2.05, 4.69) is 9.97 Å². The number of amides is 1. The zero-order chi connectivity index (χ0) is 16.4. The Labute approximate surface area is 144 Å². The van der Waals surface area contributed by atoms with E-state index < -0.39 is 0 Å². The predicted octanol–water partition coefficient (Wildman–Crippen LogP) is 2.78. The maximum absolute atomic E-state index is 12.7. The highest BCUT2D eigenvalue weighted by molar-refractivity contribution is 8.00. The number of nitrogens with two attached hydrogens (primary N) is 1. The lowest BCUT2D eigenvalue weighted by molar-refractivity contribution is -0.131. The highest BCUT2D eigenvalue weighted by Gasteiger charge is 2.26. The summed E-state index contributed by atoms with van der Waals surface area (Å²) >= 11 is 7.64. The Balaban J connectivity index is 1.70. The van der Waals surface area contributed by atoms with E-state index in [4.69, 9.17) is 17.3 Å². The molecule has 0 saturated carbocycles. The minimum Gasteiger partial charge on any atom is -0.368 e. The molecule has 120 valence electrons. The van der Waals surface area contributed by atoms with E-state index in [1.807, 2.05) is 36.1 Å². The molecule has 23 heavy (non-hydrogen) atoms. The smallest absolute Gasteiger partial charge is 0.236 e. The first-order valence-corrected chi connectivity index (χ1v) is 8.60. The fourth-order valence-corrected chi connectivity index (χ4v) is 3.78. The SMILES string of the molecule is CC(Sc1ccccc1Cl)C(=O)N1CCc2cnc(N)nc2C1. The van der Waals surface area contributed by atoms with Crippen LogP contribution in [0.2, 0.25) is 5.02 Å². The average molecular weight is 349 g/mol. The van der Waals surface area contributed by atoms with Crippen LogP contribution in [0.15, 0.2) is 35.4 Å². The van der Waals surface area contributed by atoms with Gasteiger partial charge in [-0.2, -0.15) is 0 Å². The monoisotopic (exact) mass is 348 g/mol. The van der Waals surface area contributed by atoms with E-state index in [0.29, 0.717) is 18.1 Å². The summed E-state index contributed by atoms with van der Waals surface area (Å²) in [6.07, 6.45) is 2.51. The molecule has 0 saturated heterocycles. The van der Waals surface area contributed by atoms with Crippen molar-refractivity contribution < 1.29 is 4.79 Å². The largest absolute Gasteiger partial charge is 0.368 e. The molecule has 0 bridgehead atoms. The number of thioether (sulfide) groups is 1. The van der Waals surface area contributed by atoms with Crippen molar-refractivity contribution in [2.75, 3.05) is 12.3 Å². The summed E-state index contributed by atoms with van der Waals surface area (Å²) < 4.78 is 0. The molecule has 0 fully saturated rings. The molecule has 1 aliphatic rings. The van der Waals surface area contributed by atoms with Crippen molar-refractivity contribution in [1.82, 2.24) is 14.9 Å². The molecule has 2 N–H and O–H groups in total. The summed E-state index contributed by atoms with van der Waals surface area (Å²) in [6, 6.07) is 7.56. The molecule has 1 unspecified atom stereocenters. The van der Waals surface area contributed by atoms with Gasteiger partial charge in [0.05, 0.1) is 22.5 Å². The maximum Gasteiger partial charge on any atom is 0.236 e. The first-order valence-electron chi connectivity index (χ1n) is 7.35. The van der Waals surface area contributed by atoms with Crippen LogP contribution in [0.1, 0.15) is 18.2 Å². The number of nitrogen functional groups attached to an aromatic ring is 1. The normalized spacial score (nSPS) is 15.1. The third kappa shape index (κ3) is 3.59. The van der Waals surface area contributed by atoms with Gasteiger partial charge >= 0.3 is 0 Å². The number of anilines is 1.